The lowest BCUT2D eigenvalue weighted by atomic mass is 10.1. The molecule has 3 aromatic rings. The third-order valence-corrected chi connectivity index (χ3v) is 3.50. The highest BCUT2D eigenvalue weighted by atomic mass is 16.1. The zero-order valence-electron chi connectivity index (χ0n) is 12.4. The second-order valence-corrected chi connectivity index (χ2v) is 5.13. The zero-order valence-corrected chi connectivity index (χ0v) is 12.4. The van der Waals surface area contributed by atoms with Crippen molar-refractivity contribution in [1.82, 2.24) is 15.0 Å². The summed E-state index contributed by atoms with van der Waals surface area (Å²) >= 11 is 0. The number of nitrogens with two attached hydrogens (primary N) is 1. The molecule has 0 fully saturated rings. The van der Waals surface area contributed by atoms with Gasteiger partial charge in [0.05, 0.1) is 5.69 Å². The van der Waals surface area contributed by atoms with E-state index >= 15 is 0 Å². The van der Waals surface area contributed by atoms with Gasteiger partial charge in [0.2, 0.25) is 5.91 Å². The van der Waals surface area contributed by atoms with Gasteiger partial charge in [0.1, 0.15) is 5.69 Å². The summed E-state index contributed by atoms with van der Waals surface area (Å²) in [5, 5.41) is 7.98. The number of carbonyl (C=O) groups excluding carboxylic acids is 2. The van der Waals surface area contributed by atoms with Crippen molar-refractivity contribution in [3.8, 4) is 16.9 Å². The van der Waals surface area contributed by atoms with Gasteiger partial charge in [0.15, 0.2) is 12.0 Å². The molecule has 0 aliphatic rings. The molecule has 1 aromatic heterocycles. The molecule has 6 nitrogen and oxygen atoms in total. The van der Waals surface area contributed by atoms with E-state index in [1.54, 1.807) is 28.9 Å². The van der Waals surface area contributed by atoms with Crippen LogP contribution in [0, 0.1) is 6.92 Å². The SMILES string of the molecule is Cc1cccc(-c2c(C=O)nnn2-c2ccc(C(N)=O)cc2)c1. The molecule has 0 saturated carbocycles. The predicted octanol–water partition coefficient (Wildman–Crippen LogP) is 2.15. The van der Waals surface area contributed by atoms with Crippen LogP contribution in [0.15, 0.2) is 48.5 Å². The fourth-order valence-corrected chi connectivity index (χ4v) is 2.38. The molecule has 3 rings (SSSR count). The molecular weight excluding hydrogens is 292 g/mol. The van der Waals surface area contributed by atoms with Gasteiger partial charge in [-0.2, -0.15) is 0 Å². The Morgan fingerprint density at radius 3 is 2.52 bits per heavy atom. The van der Waals surface area contributed by atoms with E-state index in [2.05, 4.69) is 10.3 Å². The third-order valence-electron chi connectivity index (χ3n) is 3.50. The molecule has 0 radical (unpaired) electrons. The molecule has 2 aromatic carbocycles. The van der Waals surface area contributed by atoms with Crippen LogP contribution in [0.5, 0.6) is 0 Å². The summed E-state index contributed by atoms with van der Waals surface area (Å²) in [6.45, 7) is 1.97. The van der Waals surface area contributed by atoms with Crippen LogP contribution < -0.4 is 5.73 Å². The van der Waals surface area contributed by atoms with Crippen molar-refractivity contribution in [2.45, 2.75) is 6.92 Å². The van der Waals surface area contributed by atoms with Gasteiger partial charge < -0.3 is 5.73 Å². The Balaban J connectivity index is 2.15. The number of rotatable bonds is 4. The Hall–Kier alpha value is -3.28. The van der Waals surface area contributed by atoms with Crippen LogP contribution in [0.2, 0.25) is 0 Å². The van der Waals surface area contributed by atoms with Gasteiger partial charge in [0, 0.05) is 11.1 Å². The van der Waals surface area contributed by atoms with E-state index in [1.165, 1.54) is 0 Å². The topological polar surface area (TPSA) is 90.9 Å². The van der Waals surface area contributed by atoms with Gasteiger partial charge >= 0.3 is 0 Å². The number of nitrogens with zero attached hydrogens (tertiary/aromatic N) is 3. The number of amides is 1. The maximum absolute atomic E-state index is 11.3. The number of primary amides is 1. The number of benzene rings is 2. The van der Waals surface area contributed by atoms with E-state index in [4.69, 9.17) is 5.73 Å². The van der Waals surface area contributed by atoms with E-state index in [9.17, 15) is 9.59 Å². The van der Waals surface area contributed by atoms with Gasteiger partial charge in [-0.15, -0.1) is 5.10 Å². The minimum atomic E-state index is -0.498. The first-order chi connectivity index (χ1) is 11.1. The van der Waals surface area contributed by atoms with E-state index in [0.717, 1.165) is 11.1 Å². The van der Waals surface area contributed by atoms with E-state index in [0.29, 0.717) is 23.2 Å². The van der Waals surface area contributed by atoms with Crippen LogP contribution in [0.25, 0.3) is 16.9 Å². The Morgan fingerprint density at radius 2 is 1.91 bits per heavy atom. The van der Waals surface area contributed by atoms with Crippen LogP contribution >= 0.6 is 0 Å². The molecule has 6 heteroatoms. The molecule has 0 aliphatic heterocycles. The predicted molar refractivity (Wildman–Crippen MR) is 85.4 cm³/mol. The molecule has 114 valence electrons. The molecule has 0 saturated heterocycles. The highest BCUT2D eigenvalue weighted by Gasteiger charge is 2.16. The number of hydrogen-bond donors (Lipinski definition) is 1. The van der Waals surface area contributed by atoms with Crippen molar-refractivity contribution in [3.63, 3.8) is 0 Å². The summed E-state index contributed by atoms with van der Waals surface area (Å²) < 4.78 is 1.57. The summed E-state index contributed by atoms with van der Waals surface area (Å²) in [6.07, 6.45) is 0.680. The smallest absolute Gasteiger partial charge is 0.248 e. The first-order valence-electron chi connectivity index (χ1n) is 6.98. The maximum Gasteiger partial charge on any atom is 0.248 e. The lowest BCUT2D eigenvalue weighted by molar-refractivity contribution is 0.1000. The Kier molecular flexibility index (Phi) is 3.72. The standard InChI is InChI=1S/C17H14N4O2/c1-11-3-2-4-13(9-11)16-15(10-22)19-20-21(16)14-7-5-12(6-8-14)17(18)23/h2-10H,1H3,(H2,18,23). The lowest BCUT2D eigenvalue weighted by Crippen LogP contribution is -2.11. The first-order valence-corrected chi connectivity index (χ1v) is 6.98. The van der Waals surface area contributed by atoms with E-state index in [1.807, 2.05) is 31.2 Å². The minimum Gasteiger partial charge on any atom is -0.366 e. The monoisotopic (exact) mass is 306 g/mol. The largest absolute Gasteiger partial charge is 0.366 e. The number of aryl methyl sites for hydroxylation is 1. The molecule has 1 heterocycles. The number of aromatic nitrogens is 3. The Labute approximate surface area is 132 Å². The van der Waals surface area contributed by atoms with Crippen molar-refractivity contribution < 1.29 is 9.59 Å². The van der Waals surface area contributed by atoms with Crippen LogP contribution in [-0.4, -0.2) is 27.2 Å². The van der Waals surface area contributed by atoms with E-state index < -0.39 is 5.91 Å². The molecule has 23 heavy (non-hydrogen) atoms. The van der Waals surface area contributed by atoms with Gasteiger partial charge in [-0.25, -0.2) is 4.68 Å². The van der Waals surface area contributed by atoms with Crippen molar-refractivity contribution in [2.75, 3.05) is 0 Å². The fourth-order valence-electron chi connectivity index (χ4n) is 2.38. The second kappa shape index (κ2) is 5.84. The molecule has 0 bridgehead atoms. The highest BCUT2D eigenvalue weighted by molar-refractivity contribution is 5.93. The second-order valence-electron chi connectivity index (χ2n) is 5.13. The third kappa shape index (κ3) is 2.74. The van der Waals surface area contributed by atoms with E-state index in [-0.39, 0.29) is 5.69 Å². The molecule has 2 N–H and O–H groups in total. The molecule has 0 unspecified atom stereocenters. The van der Waals surface area contributed by atoms with Crippen LogP contribution in [0.4, 0.5) is 0 Å². The quantitative estimate of drug-likeness (QED) is 0.748. The van der Waals surface area contributed by atoms with Crippen LogP contribution in [-0.2, 0) is 0 Å². The van der Waals surface area contributed by atoms with Crippen molar-refractivity contribution in [1.29, 1.82) is 0 Å². The summed E-state index contributed by atoms with van der Waals surface area (Å²) in [4.78, 5) is 22.5. The lowest BCUT2D eigenvalue weighted by Gasteiger charge is -2.08. The average Bonchev–Trinajstić information content (AvgIpc) is 2.99. The fraction of sp³-hybridized carbons (Fsp3) is 0.0588. The van der Waals surface area contributed by atoms with Crippen molar-refractivity contribution in [2.24, 2.45) is 5.73 Å². The summed E-state index contributed by atoms with van der Waals surface area (Å²) in [5.74, 6) is -0.498. The van der Waals surface area contributed by atoms with Gasteiger partial charge in [0.25, 0.3) is 0 Å². The minimum absolute atomic E-state index is 0.259. The van der Waals surface area contributed by atoms with Gasteiger partial charge in [-0.05, 0) is 37.3 Å². The molecule has 0 atom stereocenters. The molecular formula is C17H14N4O2. The Bertz CT molecular complexity index is 882. The average molecular weight is 306 g/mol. The van der Waals surface area contributed by atoms with Crippen LogP contribution in [0.1, 0.15) is 26.4 Å². The number of carbonyl (C=O) groups is 2. The highest BCUT2D eigenvalue weighted by Crippen LogP contribution is 2.25. The normalized spacial score (nSPS) is 10.5. The first kappa shape index (κ1) is 14.6. The molecule has 0 spiro atoms. The Morgan fingerprint density at radius 1 is 1.17 bits per heavy atom. The molecule has 1 amide bonds. The number of hydrogen-bond acceptors (Lipinski definition) is 4. The van der Waals surface area contributed by atoms with Gasteiger partial charge in [-0.1, -0.05) is 29.0 Å². The summed E-state index contributed by atoms with van der Waals surface area (Å²) in [5.41, 5.74) is 9.11. The van der Waals surface area contributed by atoms with Crippen LogP contribution in [0.3, 0.4) is 0 Å². The van der Waals surface area contributed by atoms with Crippen molar-refractivity contribution >= 4 is 12.2 Å². The molecule has 0 aliphatic carbocycles. The summed E-state index contributed by atoms with van der Waals surface area (Å²) in [6, 6.07) is 14.4. The maximum atomic E-state index is 11.3. The zero-order chi connectivity index (χ0) is 16.4. The summed E-state index contributed by atoms with van der Waals surface area (Å²) in [7, 11) is 0. The number of aldehydes is 1. The van der Waals surface area contributed by atoms with Gasteiger partial charge in [-0.3, -0.25) is 9.59 Å². The van der Waals surface area contributed by atoms with Crippen molar-refractivity contribution in [3.05, 3.63) is 65.4 Å².